The lowest BCUT2D eigenvalue weighted by atomic mass is 9.96. The molecule has 0 bridgehead atoms. The summed E-state index contributed by atoms with van der Waals surface area (Å²) in [4.78, 5) is 16.0. The summed E-state index contributed by atoms with van der Waals surface area (Å²) < 4.78 is 5.01. The van der Waals surface area contributed by atoms with Gasteiger partial charge in [-0.3, -0.25) is 0 Å². The monoisotopic (exact) mass is 287 g/mol. The zero-order valence-corrected chi connectivity index (χ0v) is 12.0. The fraction of sp³-hybridized carbons (Fsp3) is 0.0526. The maximum Gasteiger partial charge on any atom is 0.363 e. The number of carbonyl (C=O) groups is 1. The van der Waals surface area contributed by atoms with Gasteiger partial charge in [-0.2, -0.15) is 0 Å². The molecular formula is C19H13NO2. The molecular weight excluding hydrogens is 274 g/mol. The summed E-state index contributed by atoms with van der Waals surface area (Å²) in [6.45, 7) is 1.68. The second-order valence-corrected chi connectivity index (χ2v) is 5.28. The Bertz CT molecular complexity index is 929. The van der Waals surface area contributed by atoms with E-state index in [0.717, 1.165) is 27.1 Å². The summed E-state index contributed by atoms with van der Waals surface area (Å²) in [5, 5.41) is 4.47. The van der Waals surface area contributed by atoms with Crippen molar-refractivity contribution in [3.63, 3.8) is 0 Å². The van der Waals surface area contributed by atoms with E-state index in [4.69, 9.17) is 4.74 Å². The first-order valence-corrected chi connectivity index (χ1v) is 7.12. The maximum atomic E-state index is 11.9. The predicted octanol–water partition coefficient (Wildman–Crippen LogP) is 4.31. The van der Waals surface area contributed by atoms with E-state index in [1.807, 2.05) is 30.3 Å². The Morgan fingerprint density at radius 2 is 1.55 bits per heavy atom. The molecule has 0 spiro atoms. The van der Waals surface area contributed by atoms with Crippen molar-refractivity contribution in [3.05, 3.63) is 65.9 Å². The van der Waals surface area contributed by atoms with Gasteiger partial charge in [0.2, 0.25) is 0 Å². The Morgan fingerprint density at radius 1 is 0.955 bits per heavy atom. The number of rotatable bonds is 1. The number of fused-ring (bicyclic) bond motifs is 2. The average Bonchev–Trinajstić information content (AvgIpc) is 2.84. The van der Waals surface area contributed by atoms with Gasteiger partial charge >= 0.3 is 5.97 Å². The van der Waals surface area contributed by atoms with Crippen LogP contribution in [-0.2, 0) is 9.53 Å². The summed E-state index contributed by atoms with van der Waals surface area (Å²) in [5.41, 5.74) is 1.35. The van der Waals surface area contributed by atoms with Gasteiger partial charge in [-0.15, -0.1) is 0 Å². The highest BCUT2D eigenvalue weighted by molar-refractivity contribution is 6.12. The van der Waals surface area contributed by atoms with Crippen molar-refractivity contribution in [1.29, 1.82) is 0 Å². The van der Waals surface area contributed by atoms with Gasteiger partial charge in [-0.1, -0.05) is 48.5 Å². The number of ether oxygens (including phenoxy) is 1. The molecule has 1 aliphatic heterocycles. The van der Waals surface area contributed by atoms with E-state index in [2.05, 4.69) is 35.3 Å². The van der Waals surface area contributed by atoms with Crippen molar-refractivity contribution in [2.45, 2.75) is 6.92 Å². The van der Waals surface area contributed by atoms with Crippen LogP contribution in [0.1, 0.15) is 12.5 Å². The van der Waals surface area contributed by atoms with E-state index in [0.29, 0.717) is 11.6 Å². The van der Waals surface area contributed by atoms with Gasteiger partial charge in [0, 0.05) is 6.92 Å². The van der Waals surface area contributed by atoms with Gasteiger partial charge in [0.05, 0.1) is 0 Å². The van der Waals surface area contributed by atoms with Crippen molar-refractivity contribution in [2.24, 2.45) is 4.99 Å². The number of benzene rings is 3. The minimum atomic E-state index is -0.394. The molecule has 1 aliphatic rings. The lowest BCUT2D eigenvalue weighted by molar-refractivity contribution is -0.130. The largest absolute Gasteiger partial charge is 0.407 e. The molecule has 0 atom stereocenters. The van der Waals surface area contributed by atoms with E-state index in [-0.39, 0.29) is 0 Å². The second kappa shape index (κ2) is 4.81. The Labute approximate surface area is 127 Å². The van der Waals surface area contributed by atoms with E-state index in [1.54, 1.807) is 6.92 Å². The number of esters is 1. The molecule has 0 aromatic heterocycles. The number of hydrogen-bond donors (Lipinski definition) is 0. The van der Waals surface area contributed by atoms with Crippen molar-refractivity contribution in [3.8, 4) is 0 Å². The molecule has 0 saturated carbocycles. The van der Waals surface area contributed by atoms with Crippen LogP contribution in [0.25, 0.3) is 27.6 Å². The third-order valence-electron chi connectivity index (χ3n) is 3.82. The summed E-state index contributed by atoms with van der Waals surface area (Å²) in [6.07, 6.45) is 1.82. The van der Waals surface area contributed by atoms with Crippen molar-refractivity contribution >= 4 is 39.5 Å². The standard InChI is InChI=1S/C19H13NO2/c1-12-20-18(19(21)22-12)11-17-15-8-4-2-6-13(15)10-14-7-3-5-9-16(14)17/h2-11H,1H3. The molecule has 0 aliphatic carbocycles. The Morgan fingerprint density at radius 3 is 2.09 bits per heavy atom. The van der Waals surface area contributed by atoms with Crippen LogP contribution in [-0.4, -0.2) is 11.9 Å². The highest BCUT2D eigenvalue weighted by Crippen LogP contribution is 2.31. The van der Waals surface area contributed by atoms with E-state index >= 15 is 0 Å². The zero-order valence-electron chi connectivity index (χ0n) is 12.0. The first-order chi connectivity index (χ1) is 10.7. The highest BCUT2D eigenvalue weighted by atomic mass is 16.6. The third kappa shape index (κ3) is 1.99. The maximum absolute atomic E-state index is 11.9. The average molecular weight is 287 g/mol. The summed E-state index contributed by atoms with van der Waals surface area (Å²) in [6, 6.07) is 18.5. The van der Waals surface area contributed by atoms with Crippen LogP contribution in [0.3, 0.4) is 0 Å². The van der Waals surface area contributed by atoms with Gasteiger partial charge in [0.1, 0.15) is 0 Å². The molecule has 0 unspecified atom stereocenters. The molecule has 1 heterocycles. The molecule has 4 rings (SSSR count). The molecule has 106 valence electrons. The minimum Gasteiger partial charge on any atom is -0.407 e. The molecule has 0 radical (unpaired) electrons. The summed E-state index contributed by atoms with van der Waals surface area (Å²) in [5.74, 6) is -0.00434. The van der Waals surface area contributed by atoms with Gasteiger partial charge < -0.3 is 4.74 Å². The van der Waals surface area contributed by atoms with E-state index in [1.165, 1.54) is 0 Å². The molecule has 3 aromatic rings. The fourth-order valence-electron chi connectivity index (χ4n) is 2.86. The molecule has 3 nitrogen and oxygen atoms in total. The smallest absolute Gasteiger partial charge is 0.363 e. The van der Waals surface area contributed by atoms with Crippen molar-refractivity contribution in [2.75, 3.05) is 0 Å². The number of carbonyl (C=O) groups excluding carboxylic acids is 1. The van der Waals surface area contributed by atoms with Crippen LogP contribution < -0.4 is 0 Å². The molecule has 0 saturated heterocycles. The third-order valence-corrected chi connectivity index (χ3v) is 3.82. The first kappa shape index (κ1) is 12.8. The number of cyclic esters (lactones) is 1. The predicted molar refractivity (Wildman–Crippen MR) is 88.6 cm³/mol. The van der Waals surface area contributed by atoms with Crippen LogP contribution in [0.15, 0.2) is 65.3 Å². The Hall–Kier alpha value is -2.94. The molecule has 3 heteroatoms. The molecule has 0 amide bonds. The van der Waals surface area contributed by atoms with Crippen LogP contribution in [0, 0.1) is 0 Å². The van der Waals surface area contributed by atoms with Crippen molar-refractivity contribution < 1.29 is 9.53 Å². The highest BCUT2D eigenvalue weighted by Gasteiger charge is 2.20. The lowest BCUT2D eigenvalue weighted by Gasteiger charge is -2.08. The van der Waals surface area contributed by atoms with Gasteiger partial charge in [0.25, 0.3) is 0 Å². The number of hydrogen-bond acceptors (Lipinski definition) is 3. The first-order valence-electron chi connectivity index (χ1n) is 7.12. The molecule has 3 aromatic carbocycles. The van der Waals surface area contributed by atoms with Gasteiger partial charge in [-0.05, 0) is 39.3 Å². The van der Waals surface area contributed by atoms with Crippen LogP contribution in [0.2, 0.25) is 0 Å². The van der Waals surface area contributed by atoms with Gasteiger partial charge in [0.15, 0.2) is 11.6 Å². The van der Waals surface area contributed by atoms with Gasteiger partial charge in [-0.25, -0.2) is 9.79 Å². The quantitative estimate of drug-likeness (QED) is 0.380. The topological polar surface area (TPSA) is 38.7 Å². The molecule has 22 heavy (non-hydrogen) atoms. The van der Waals surface area contributed by atoms with E-state index in [9.17, 15) is 4.79 Å². The summed E-state index contributed by atoms with van der Waals surface area (Å²) >= 11 is 0. The number of aliphatic imine (C=N–C) groups is 1. The van der Waals surface area contributed by atoms with E-state index < -0.39 is 5.97 Å². The van der Waals surface area contributed by atoms with Crippen molar-refractivity contribution in [1.82, 2.24) is 0 Å². The molecule has 0 N–H and O–H groups in total. The zero-order chi connectivity index (χ0) is 15.1. The fourth-order valence-corrected chi connectivity index (χ4v) is 2.86. The van der Waals surface area contributed by atoms with Crippen LogP contribution in [0.4, 0.5) is 0 Å². The molecule has 0 fully saturated rings. The SMILES string of the molecule is CC1=NC(=Cc2c3ccccc3cc3ccccc23)C(=O)O1. The lowest BCUT2D eigenvalue weighted by Crippen LogP contribution is -2.00. The second-order valence-electron chi connectivity index (χ2n) is 5.28. The Kier molecular flexibility index (Phi) is 2.79. The minimum absolute atomic E-state index is 0.346. The number of nitrogens with zero attached hydrogens (tertiary/aromatic N) is 1. The Balaban J connectivity index is 2.09. The normalized spacial score (nSPS) is 16.3. The van der Waals surface area contributed by atoms with Crippen LogP contribution in [0.5, 0.6) is 0 Å². The van der Waals surface area contributed by atoms with Crippen LogP contribution >= 0.6 is 0 Å². The summed E-state index contributed by atoms with van der Waals surface area (Å²) in [7, 11) is 0.